The average molecular weight is 327 g/mol. The molecule has 0 aliphatic carbocycles. The molecule has 0 bridgehead atoms. The first kappa shape index (κ1) is 17.5. The van der Waals surface area contributed by atoms with E-state index in [9.17, 15) is 9.59 Å². The second kappa shape index (κ2) is 7.64. The molecule has 0 N–H and O–H groups in total. The first-order valence-corrected chi connectivity index (χ1v) is 7.57. The Labute approximate surface area is 141 Å². The van der Waals surface area contributed by atoms with Crippen molar-refractivity contribution in [1.82, 2.24) is 4.57 Å². The fourth-order valence-corrected chi connectivity index (χ4v) is 2.28. The van der Waals surface area contributed by atoms with Crippen LogP contribution < -0.4 is 4.74 Å². The molecule has 0 radical (unpaired) electrons. The lowest BCUT2D eigenvalue weighted by molar-refractivity contribution is -0.136. The van der Waals surface area contributed by atoms with E-state index in [1.165, 1.54) is 6.08 Å². The van der Waals surface area contributed by atoms with Crippen LogP contribution in [0.15, 0.2) is 36.4 Å². The summed E-state index contributed by atoms with van der Waals surface area (Å²) in [5.41, 5.74) is 3.28. The zero-order chi connectivity index (χ0) is 17.7. The number of esters is 1. The van der Waals surface area contributed by atoms with Crippen molar-refractivity contribution in [3.8, 4) is 5.75 Å². The van der Waals surface area contributed by atoms with Crippen LogP contribution in [0.1, 0.15) is 27.3 Å². The highest BCUT2D eigenvalue weighted by molar-refractivity contribution is 6.00. The van der Waals surface area contributed by atoms with Crippen LogP contribution in [-0.2, 0) is 16.6 Å². The number of rotatable bonds is 6. The second-order valence-electron chi connectivity index (χ2n) is 5.48. The molecule has 0 aliphatic heterocycles. The van der Waals surface area contributed by atoms with Crippen molar-refractivity contribution >= 4 is 17.8 Å². The molecule has 1 aromatic heterocycles. The second-order valence-corrected chi connectivity index (χ2v) is 5.48. The summed E-state index contributed by atoms with van der Waals surface area (Å²) in [5, 5.41) is 0. The smallest absolute Gasteiger partial charge is 0.331 e. The van der Waals surface area contributed by atoms with E-state index in [-0.39, 0.29) is 12.4 Å². The lowest BCUT2D eigenvalue weighted by Crippen LogP contribution is -2.13. The molecule has 0 spiro atoms. The van der Waals surface area contributed by atoms with Gasteiger partial charge in [-0.2, -0.15) is 0 Å². The maximum Gasteiger partial charge on any atom is 0.331 e. The van der Waals surface area contributed by atoms with Crippen molar-refractivity contribution in [3.63, 3.8) is 0 Å². The maximum absolute atomic E-state index is 12.2. The Morgan fingerprint density at radius 3 is 2.38 bits per heavy atom. The average Bonchev–Trinajstić information content (AvgIpc) is 2.85. The third kappa shape index (κ3) is 4.13. The summed E-state index contributed by atoms with van der Waals surface area (Å²) in [6, 6.07) is 9.05. The summed E-state index contributed by atoms with van der Waals surface area (Å²) in [6.07, 6.45) is 2.93. The zero-order valence-corrected chi connectivity index (χ0v) is 14.3. The van der Waals surface area contributed by atoms with E-state index in [0.717, 1.165) is 22.7 Å². The lowest BCUT2D eigenvalue weighted by Gasteiger charge is -2.03. The number of hydrogen-bond acceptors (Lipinski definition) is 4. The van der Waals surface area contributed by atoms with Gasteiger partial charge in [0.15, 0.2) is 6.61 Å². The van der Waals surface area contributed by atoms with E-state index in [4.69, 9.17) is 9.47 Å². The number of carbonyl (C=O) groups excluding carboxylic acids is 2. The van der Waals surface area contributed by atoms with Crippen LogP contribution in [-0.4, -0.2) is 30.0 Å². The summed E-state index contributed by atoms with van der Waals surface area (Å²) in [5.74, 6) is -0.0132. The van der Waals surface area contributed by atoms with Crippen LogP contribution >= 0.6 is 0 Å². The van der Waals surface area contributed by atoms with Gasteiger partial charge in [0.05, 0.1) is 7.11 Å². The zero-order valence-electron chi connectivity index (χ0n) is 14.3. The molecular formula is C19H21NO4. The normalized spacial score (nSPS) is 10.8. The molecule has 0 amide bonds. The van der Waals surface area contributed by atoms with Crippen LogP contribution in [0.3, 0.4) is 0 Å². The summed E-state index contributed by atoms with van der Waals surface area (Å²) in [7, 11) is 3.49. The Bertz CT molecular complexity index is 769. The number of Topliss-reactive ketones (excluding diaryl/α,β-unsaturated/α-hetero) is 1. The Morgan fingerprint density at radius 2 is 1.83 bits per heavy atom. The fraction of sp³-hybridized carbons (Fsp3) is 0.263. The minimum Gasteiger partial charge on any atom is -0.497 e. The third-order valence-electron chi connectivity index (χ3n) is 3.95. The molecule has 0 fully saturated rings. The lowest BCUT2D eigenvalue weighted by atomic mass is 10.1. The summed E-state index contributed by atoms with van der Waals surface area (Å²) < 4.78 is 12.0. The van der Waals surface area contributed by atoms with E-state index in [1.807, 2.05) is 37.6 Å². The summed E-state index contributed by atoms with van der Waals surface area (Å²) >= 11 is 0. The van der Waals surface area contributed by atoms with Gasteiger partial charge in [0, 0.05) is 30.1 Å². The number of hydrogen-bond donors (Lipinski definition) is 0. The van der Waals surface area contributed by atoms with Gasteiger partial charge in [0.25, 0.3) is 0 Å². The predicted octanol–water partition coefficient (Wildman–Crippen LogP) is 3.09. The number of methoxy groups -OCH3 is 1. The molecule has 0 unspecified atom stereocenters. The number of ketones is 1. The van der Waals surface area contributed by atoms with Crippen molar-refractivity contribution in [3.05, 3.63) is 58.9 Å². The van der Waals surface area contributed by atoms with Crippen LogP contribution in [0.25, 0.3) is 6.08 Å². The number of ether oxygens (including phenoxy) is 2. The molecule has 0 atom stereocenters. The van der Waals surface area contributed by atoms with Crippen LogP contribution in [0.5, 0.6) is 5.75 Å². The number of aryl methyl sites for hydroxylation is 1. The third-order valence-corrected chi connectivity index (χ3v) is 3.95. The van der Waals surface area contributed by atoms with Crippen molar-refractivity contribution in [2.45, 2.75) is 13.8 Å². The number of carbonyl (C=O) groups is 2. The first-order valence-electron chi connectivity index (χ1n) is 7.57. The van der Waals surface area contributed by atoms with Gasteiger partial charge in [0.1, 0.15) is 5.75 Å². The van der Waals surface area contributed by atoms with Crippen molar-refractivity contribution in [1.29, 1.82) is 0 Å². The number of nitrogens with zero attached hydrogens (tertiary/aromatic N) is 1. The van der Waals surface area contributed by atoms with E-state index < -0.39 is 5.97 Å². The Balaban J connectivity index is 1.91. The van der Waals surface area contributed by atoms with Gasteiger partial charge in [-0.3, -0.25) is 4.79 Å². The van der Waals surface area contributed by atoms with E-state index >= 15 is 0 Å². The summed E-state index contributed by atoms with van der Waals surface area (Å²) in [4.78, 5) is 23.9. The molecule has 24 heavy (non-hydrogen) atoms. The van der Waals surface area contributed by atoms with Crippen molar-refractivity contribution < 1.29 is 19.1 Å². The molecule has 1 aromatic carbocycles. The van der Waals surface area contributed by atoms with Crippen molar-refractivity contribution in [2.24, 2.45) is 7.05 Å². The van der Waals surface area contributed by atoms with E-state index in [1.54, 1.807) is 31.4 Å². The molecule has 5 heteroatoms. The van der Waals surface area contributed by atoms with Gasteiger partial charge in [-0.15, -0.1) is 0 Å². The SMILES string of the molecule is COc1ccc(/C=C/C(=O)OCC(=O)c2cc(C)n(C)c2C)cc1. The molecule has 0 saturated heterocycles. The molecule has 126 valence electrons. The van der Waals surface area contributed by atoms with Crippen LogP contribution in [0, 0.1) is 13.8 Å². The van der Waals surface area contributed by atoms with Crippen molar-refractivity contribution in [2.75, 3.05) is 13.7 Å². The quantitative estimate of drug-likeness (QED) is 0.465. The molecule has 0 aliphatic rings. The maximum atomic E-state index is 12.2. The molecule has 2 rings (SSSR count). The highest BCUT2D eigenvalue weighted by Crippen LogP contribution is 2.14. The molecule has 0 saturated carbocycles. The van der Waals surface area contributed by atoms with Gasteiger partial charge in [0.2, 0.25) is 5.78 Å². The molecule has 5 nitrogen and oxygen atoms in total. The number of benzene rings is 1. The van der Waals surface area contributed by atoms with Gasteiger partial charge in [-0.05, 0) is 43.7 Å². The Hall–Kier alpha value is -2.82. The van der Waals surface area contributed by atoms with Gasteiger partial charge < -0.3 is 14.0 Å². The van der Waals surface area contributed by atoms with Crippen LogP contribution in [0.4, 0.5) is 0 Å². The first-order chi connectivity index (χ1) is 11.4. The minimum absolute atomic E-state index is 0.206. The molecule has 2 aromatic rings. The van der Waals surface area contributed by atoms with Gasteiger partial charge >= 0.3 is 5.97 Å². The van der Waals surface area contributed by atoms with Gasteiger partial charge in [-0.25, -0.2) is 4.79 Å². The van der Waals surface area contributed by atoms with E-state index in [0.29, 0.717) is 5.56 Å². The topological polar surface area (TPSA) is 57.5 Å². The van der Waals surface area contributed by atoms with E-state index in [2.05, 4.69) is 0 Å². The highest BCUT2D eigenvalue weighted by Gasteiger charge is 2.15. The number of aromatic nitrogens is 1. The van der Waals surface area contributed by atoms with Crippen LogP contribution in [0.2, 0.25) is 0 Å². The monoisotopic (exact) mass is 327 g/mol. The summed E-state index contributed by atoms with van der Waals surface area (Å²) in [6.45, 7) is 3.52. The standard InChI is InChI=1S/C19H21NO4/c1-13-11-17(14(2)20(13)3)18(21)12-24-19(22)10-7-15-5-8-16(23-4)9-6-15/h5-11H,12H2,1-4H3/b10-7+. The Morgan fingerprint density at radius 1 is 1.17 bits per heavy atom. The Kier molecular flexibility index (Phi) is 5.58. The highest BCUT2D eigenvalue weighted by atomic mass is 16.5. The minimum atomic E-state index is -0.551. The predicted molar refractivity (Wildman–Crippen MR) is 92.2 cm³/mol. The molecule has 1 heterocycles. The fourth-order valence-electron chi connectivity index (χ4n) is 2.28. The largest absolute Gasteiger partial charge is 0.497 e. The molecular weight excluding hydrogens is 306 g/mol. The van der Waals surface area contributed by atoms with Gasteiger partial charge in [-0.1, -0.05) is 12.1 Å².